The van der Waals surface area contributed by atoms with Gasteiger partial charge in [-0.25, -0.2) is 4.39 Å². The second kappa shape index (κ2) is 6.55. The maximum atomic E-state index is 13.2. The van der Waals surface area contributed by atoms with Gasteiger partial charge in [-0.15, -0.1) is 0 Å². The van der Waals surface area contributed by atoms with Crippen molar-refractivity contribution in [1.82, 2.24) is 4.90 Å². The highest BCUT2D eigenvalue weighted by Crippen LogP contribution is 2.30. The molecule has 0 bridgehead atoms. The molecular weight excluding hydrogens is 279 g/mol. The van der Waals surface area contributed by atoms with E-state index in [2.05, 4.69) is 0 Å². The van der Waals surface area contributed by atoms with Crippen LogP contribution in [0.2, 0.25) is 5.02 Å². The van der Waals surface area contributed by atoms with Crippen molar-refractivity contribution in [2.45, 2.75) is 32.2 Å². The predicted molar refractivity (Wildman–Crippen MR) is 78.3 cm³/mol. The Balaban J connectivity index is 2.22. The Morgan fingerprint density at radius 3 is 2.85 bits per heavy atom. The number of carbonyl (C=O) groups excluding carboxylic acids is 1. The number of carbonyl (C=O) groups is 1. The summed E-state index contributed by atoms with van der Waals surface area (Å²) in [6, 6.07) is 4.30. The second-order valence-corrected chi connectivity index (χ2v) is 5.62. The summed E-state index contributed by atoms with van der Waals surface area (Å²) in [7, 11) is 0. The van der Waals surface area contributed by atoms with E-state index in [1.165, 1.54) is 18.2 Å². The molecule has 1 aliphatic rings. The number of rotatable bonds is 4. The molecule has 1 aliphatic carbocycles. The Labute approximate surface area is 123 Å². The van der Waals surface area contributed by atoms with E-state index < -0.39 is 5.82 Å². The summed E-state index contributed by atoms with van der Waals surface area (Å²) in [4.78, 5) is 14.4. The summed E-state index contributed by atoms with van der Waals surface area (Å²) in [5.41, 5.74) is 6.22. The molecule has 2 rings (SSSR count). The Morgan fingerprint density at radius 2 is 2.25 bits per heavy atom. The van der Waals surface area contributed by atoms with Gasteiger partial charge in [0.25, 0.3) is 5.91 Å². The van der Waals surface area contributed by atoms with Gasteiger partial charge >= 0.3 is 0 Å². The maximum absolute atomic E-state index is 13.2. The zero-order chi connectivity index (χ0) is 14.7. The first-order valence-corrected chi connectivity index (χ1v) is 7.42. The van der Waals surface area contributed by atoms with Gasteiger partial charge in [0, 0.05) is 18.2 Å². The molecule has 0 heterocycles. The van der Waals surface area contributed by atoms with Crippen LogP contribution < -0.4 is 5.73 Å². The lowest BCUT2D eigenvalue weighted by molar-refractivity contribution is 0.0652. The third kappa shape index (κ3) is 2.96. The van der Waals surface area contributed by atoms with Crippen LogP contribution in [-0.4, -0.2) is 29.9 Å². The minimum atomic E-state index is -0.507. The molecule has 110 valence electrons. The molecular formula is C15H20ClFN2O. The molecule has 3 nitrogen and oxygen atoms in total. The number of amides is 1. The number of hydrogen-bond acceptors (Lipinski definition) is 2. The minimum absolute atomic E-state index is 0.0197. The van der Waals surface area contributed by atoms with Gasteiger partial charge in [-0.3, -0.25) is 4.79 Å². The largest absolute Gasteiger partial charge is 0.336 e. The van der Waals surface area contributed by atoms with Crippen LogP contribution in [0.4, 0.5) is 4.39 Å². The van der Waals surface area contributed by atoms with Crippen molar-refractivity contribution in [3.05, 3.63) is 34.6 Å². The first-order valence-electron chi connectivity index (χ1n) is 7.04. The van der Waals surface area contributed by atoms with Gasteiger partial charge in [0.1, 0.15) is 5.82 Å². The first kappa shape index (κ1) is 15.3. The number of benzene rings is 1. The van der Waals surface area contributed by atoms with Crippen molar-refractivity contribution in [2.75, 3.05) is 13.1 Å². The van der Waals surface area contributed by atoms with Crippen molar-refractivity contribution < 1.29 is 9.18 Å². The fraction of sp³-hybridized carbons (Fsp3) is 0.533. The van der Waals surface area contributed by atoms with Crippen molar-refractivity contribution >= 4 is 17.5 Å². The topological polar surface area (TPSA) is 46.3 Å². The number of nitrogens with two attached hydrogens (primary N) is 1. The normalized spacial score (nSPS) is 22.0. The Hall–Kier alpha value is -1.13. The van der Waals surface area contributed by atoms with Gasteiger partial charge in [-0.1, -0.05) is 18.0 Å². The fourth-order valence-corrected chi connectivity index (χ4v) is 3.21. The second-order valence-electron chi connectivity index (χ2n) is 5.21. The molecule has 1 saturated carbocycles. The Morgan fingerprint density at radius 1 is 1.50 bits per heavy atom. The molecule has 0 aliphatic heterocycles. The standard InChI is InChI=1S/C15H20ClFN2O/c1-2-19(14-5-3-4-11(14)9-18)15(20)10-6-7-13(17)12(16)8-10/h6-8,11,14H,2-5,9,18H2,1H3. The zero-order valence-corrected chi connectivity index (χ0v) is 12.4. The van der Waals surface area contributed by atoms with Crippen molar-refractivity contribution in [3.63, 3.8) is 0 Å². The molecule has 1 aromatic rings. The van der Waals surface area contributed by atoms with Gasteiger partial charge < -0.3 is 10.6 Å². The summed E-state index contributed by atoms with van der Waals surface area (Å²) in [5.74, 6) is -0.249. The van der Waals surface area contributed by atoms with E-state index in [1.54, 1.807) is 0 Å². The first-order chi connectivity index (χ1) is 9.58. The lowest BCUT2D eigenvalue weighted by atomic mass is 10.0. The number of nitrogens with zero attached hydrogens (tertiary/aromatic N) is 1. The van der Waals surface area contributed by atoms with Crippen molar-refractivity contribution in [2.24, 2.45) is 11.7 Å². The highest BCUT2D eigenvalue weighted by atomic mass is 35.5. The molecule has 5 heteroatoms. The van der Waals surface area contributed by atoms with E-state index in [4.69, 9.17) is 17.3 Å². The van der Waals surface area contributed by atoms with Crippen LogP contribution in [0.1, 0.15) is 36.5 Å². The monoisotopic (exact) mass is 298 g/mol. The van der Waals surface area contributed by atoms with E-state index in [1.807, 2.05) is 11.8 Å². The molecule has 1 fully saturated rings. The summed E-state index contributed by atoms with van der Waals surface area (Å²) in [6.07, 6.45) is 3.14. The SMILES string of the molecule is CCN(C(=O)c1ccc(F)c(Cl)c1)C1CCCC1CN. The smallest absolute Gasteiger partial charge is 0.254 e. The fourth-order valence-electron chi connectivity index (χ4n) is 3.03. The third-order valence-electron chi connectivity index (χ3n) is 4.09. The van der Waals surface area contributed by atoms with Crippen molar-refractivity contribution in [1.29, 1.82) is 0 Å². The van der Waals surface area contributed by atoms with E-state index >= 15 is 0 Å². The average molecular weight is 299 g/mol. The summed E-state index contributed by atoms with van der Waals surface area (Å²) < 4.78 is 13.2. The predicted octanol–water partition coefficient (Wildman–Crippen LogP) is 3.07. The van der Waals surface area contributed by atoms with Gasteiger partial charge in [0.2, 0.25) is 0 Å². The van der Waals surface area contributed by atoms with Gasteiger partial charge in [0.15, 0.2) is 0 Å². The molecule has 0 saturated heterocycles. The van der Waals surface area contributed by atoms with Gasteiger partial charge in [0.05, 0.1) is 5.02 Å². The summed E-state index contributed by atoms with van der Waals surface area (Å²) in [6.45, 7) is 3.17. The maximum Gasteiger partial charge on any atom is 0.254 e. The molecule has 2 atom stereocenters. The molecule has 20 heavy (non-hydrogen) atoms. The Kier molecular flexibility index (Phi) is 5.00. The molecule has 1 aromatic carbocycles. The molecule has 0 radical (unpaired) electrons. The van der Waals surface area contributed by atoms with Crippen LogP contribution in [0.5, 0.6) is 0 Å². The van der Waals surface area contributed by atoms with E-state index in [0.717, 1.165) is 19.3 Å². The van der Waals surface area contributed by atoms with E-state index in [9.17, 15) is 9.18 Å². The van der Waals surface area contributed by atoms with E-state index in [-0.39, 0.29) is 17.0 Å². The van der Waals surface area contributed by atoms with Crippen LogP contribution in [0.3, 0.4) is 0 Å². The number of hydrogen-bond donors (Lipinski definition) is 1. The molecule has 0 aromatic heterocycles. The van der Waals surface area contributed by atoms with Crippen LogP contribution in [0.25, 0.3) is 0 Å². The van der Waals surface area contributed by atoms with Crippen LogP contribution >= 0.6 is 11.6 Å². The summed E-state index contributed by atoms with van der Waals surface area (Å²) in [5, 5.41) is -0.0197. The number of halogens is 2. The lowest BCUT2D eigenvalue weighted by Gasteiger charge is -2.32. The van der Waals surface area contributed by atoms with E-state index in [0.29, 0.717) is 24.6 Å². The molecule has 0 spiro atoms. The van der Waals surface area contributed by atoms with Crippen LogP contribution in [0.15, 0.2) is 18.2 Å². The quantitative estimate of drug-likeness (QED) is 0.928. The summed E-state index contributed by atoms with van der Waals surface area (Å²) >= 11 is 5.76. The highest BCUT2D eigenvalue weighted by Gasteiger charge is 2.33. The molecule has 2 N–H and O–H groups in total. The molecule has 2 unspecified atom stereocenters. The third-order valence-corrected chi connectivity index (χ3v) is 4.38. The highest BCUT2D eigenvalue weighted by molar-refractivity contribution is 6.31. The van der Waals surface area contributed by atoms with Gasteiger partial charge in [-0.05, 0) is 50.4 Å². The minimum Gasteiger partial charge on any atom is -0.336 e. The van der Waals surface area contributed by atoms with Crippen molar-refractivity contribution in [3.8, 4) is 0 Å². The lowest BCUT2D eigenvalue weighted by Crippen LogP contribution is -2.44. The Bertz CT molecular complexity index is 495. The average Bonchev–Trinajstić information content (AvgIpc) is 2.91. The zero-order valence-electron chi connectivity index (χ0n) is 11.6. The van der Waals surface area contributed by atoms with Gasteiger partial charge in [-0.2, -0.15) is 0 Å². The molecule has 1 amide bonds. The van der Waals surface area contributed by atoms with Crippen LogP contribution in [0, 0.1) is 11.7 Å². The van der Waals surface area contributed by atoms with Crippen LogP contribution in [-0.2, 0) is 0 Å².